The quantitative estimate of drug-likeness (QED) is 0.567. The minimum absolute atomic E-state index is 0.0566. The summed E-state index contributed by atoms with van der Waals surface area (Å²) in [5.74, 6) is 1.08. The Bertz CT molecular complexity index is 730. The molecule has 1 unspecified atom stereocenters. The third-order valence-corrected chi connectivity index (χ3v) is 6.53. The van der Waals surface area contributed by atoms with Gasteiger partial charge in [0.05, 0.1) is 24.7 Å². The van der Waals surface area contributed by atoms with E-state index in [2.05, 4.69) is 44.8 Å². The first kappa shape index (κ1) is 19.1. The molecule has 1 aromatic carbocycles. The summed E-state index contributed by atoms with van der Waals surface area (Å²) >= 11 is 0. The van der Waals surface area contributed by atoms with E-state index in [1.165, 1.54) is 11.1 Å². The maximum atomic E-state index is 11.6. The van der Waals surface area contributed by atoms with Crippen LogP contribution in [0, 0.1) is 0 Å². The van der Waals surface area contributed by atoms with E-state index in [9.17, 15) is 8.42 Å². The molecule has 2 N–H and O–H groups in total. The van der Waals surface area contributed by atoms with Crippen molar-refractivity contribution in [2.24, 2.45) is 4.99 Å². The van der Waals surface area contributed by atoms with E-state index >= 15 is 0 Å². The number of rotatable bonds is 5. The summed E-state index contributed by atoms with van der Waals surface area (Å²) in [6, 6.07) is 8.46. The average molecular weight is 381 g/mol. The summed E-state index contributed by atoms with van der Waals surface area (Å²) in [6.45, 7) is 5.15. The van der Waals surface area contributed by atoms with Crippen molar-refractivity contribution in [2.75, 3.05) is 44.9 Å². The minimum atomic E-state index is -2.90. The van der Waals surface area contributed by atoms with E-state index in [1.54, 1.807) is 7.05 Å². The molecule has 0 aromatic heterocycles. The molecular weight excluding hydrogens is 352 g/mol. The fraction of sp³-hybridized carbons (Fsp3) is 0.611. The summed E-state index contributed by atoms with van der Waals surface area (Å²) in [7, 11) is -1.19. The van der Waals surface area contributed by atoms with E-state index in [0.29, 0.717) is 18.9 Å². The first-order chi connectivity index (χ1) is 12.5. The number of nitrogens with zero attached hydrogens (tertiary/aromatic N) is 2. The monoisotopic (exact) mass is 380 g/mol. The van der Waals surface area contributed by atoms with Crippen molar-refractivity contribution in [1.29, 1.82) is 0 Å². The van der Waals surface area contributed by atoms with Crippen LogP contribution in [0.2, 0.25) is 0 Å². The van der Waals surface area contributed by atoms with Crippen molar-refractivity contribution in [2.45, 2.75) is 25.6 Å². The lowest BCUT2D eigenvalue weighted by Gasteiger charge is -2.26. The second-order valence-corrected chi connectivity index (χ2v) is 9.11. The number of hydrogen-bond donors (Lipinski definition) is 2. The number of sulfone groups is 1. The molecule has 2 heterocycles. The minimum Gasteiger partial charge on any atom is -0.379 e. The molecule has 2 fully saturated rings. The number of guanidine groups is 1. The summed E-state index contributed by atoms with van der Waals surface area (Å²) in [5.41, 5.74) is 2.47. The highest BCUT2D eigenvalue weighted by Crippen LogP contribution is 2.12. The maximum Gasteiger partial charge on any atom is 0.191 e. The van der Waals surface area contributed by atoms with Crippen molar-refractivity contribution in [3.8, 4) is 0 Å². The Balaban J connectivity index is 1.50. The van der Waals surface area contributed by atoms with Crippen molar-refractivity contribution >= 4 is 15.8 Å². The van der Waals surface area contributed by atoms with Gasteiger partial charge in [-0.2, -0.15) is 0 Å². The molecule has 0 spiro atoms. The SMILES string of the molecule is CN=C(NCc1cccc(CN2CCOCC2)c1)NC1CCS(=O)(=O)C1. The standard InChI is InChI=1S/C18H28N4O3S/c1-19-18(21-17-5-10-26(23,24)14-17)20-12-15-3-2-4-16(11-15)13-22-6-8-25-9-7-22/h2-4,11,17H,5-10,12-14H2,1H3,(H2,19,20,21). The maximum absolute atomic E-state index is 11.6. The Morgan fingerprint density at radius 2 is 2.08 bits per heavy atom. The first-order valence-corrected chi connectivity index (χ1v) is 10.9. The van der Waals surface area contributed by atoms with Crippen molar-refractivity contribution in [3.05, 3.63) is 35.4 Å². The average Bonchev–Trinajstić information content (AvgIpc) is 2.98. The van der Waals surface area contributed by atoms with Crippen LogP contribution in [0.3, 0.4) is 0 Å². The van der Waals surface area contributed by atoms with Gasteiger partial charge in [-0.15, -0.1) is 0 Å². The van der Waals surface area contributed by atoms with Crippen molar-refractivity contribution < 1.29 is 13.2 Å². The van der Waals surface area contributed by atoms with E-state index in [4.69, 9.17) is 4.74 Å². The highest BCUT2D eigenvalue weighted by atomic mass is 32.2. The van der Waals surface area contributed by atoms with Gasteiger partial charge in [0.15, 0.2) is 15.8 Å². The number of ether oxygens (including phenoxy) is 1. The van der Waals surface area contributed by atoms with Crippen molar-refractivity contribution in [1.82, 2.24) is 15.5 Å². The largest absolute Gasteiger partial charge is 0.379 e. The molecule has 7 nitrogen and oxygen atoms in total. The van der Waals surface area contributed by atoms with Crippen LogP contribution in [0.25, 0.3) is 0 Å². The van der Waals surface area contributed by atoms with Crippen LogP contribution in [0.15, 0.2) is 29.3 Å². The van der Waals surface area contributed by atoms with E-state index in [-0.39, 0.29) is 17.5 Å². The number of nitrogens with one attached hydrogen (secondary N) is 2. The van der Waals surface area contributed by atoms with Crippen LogP contribution >= 0.6 is 0 Å². The lowest BCUT2D eigenvalue weighted by molar-refractivity contribution is 0.0342. The lowest BCUT2D eigenvalue weighted by atomic mass is 10.1. The van der Waals surface area contributed by atoms with E-state index < -0.39 is 9.84 Å². The van der Waals surface area contributed by atoms with Gasteiger partial charge in [0.1, 0.15) is 0 Å². The molecule has 2 aliphatic heterocycles. The molecule has 0 amide bonds. The van der Waals surface area contributed by atoms with Crippen LogP contribution in [0.1, 0.15) is 17.5 Å². The highest BCUT2D eigenvalue weighted by molar-refractivity contribution is 7.91. The van der Waals surface area contributed by atoms with Crippen LogP contribution in [0.4, 0.5) is 0 Å². The fourth-order valence-corrected chi connectivity index (χ4v) is 5.01. The van der Waals surface area contributed by atoms with Gasteiger partial charge in [-0.25, -0.2) is 8.42 Å². The van der Waals surface area contributed by atoms with Gasteiger partial charge in [-0.1, -0.05) is 24.3 Å². The van der Waals surface area contributed by atoms with Crippen LogP contribution in [-0.2, 0) is 27.7 Å². The van der Waals surface area contributed by atoms with Gasteiger partial charge in [0, 0.05) is 39.3 Å². The van der Waals surface area contributed by atoms with Crippen molar-refractivity contribution in [3.63, 3.8) is 0 Å². The first-order valence-electron chi connectivity index (χ1n) is 9.09. The summed E-state index contributed by atoms with van der Waals surface area (Å²) in [4.78, 5) is 6.61. The molecule has 0 saturated carbocycles. The topological polar surface area (TPSA) is 83.0 Å². The van der Waals surface area contributed by atoms with Gasteiger partial charge in [0.25, 0.3) is 0 Å². The van der Waals surface area contributed by atoms with Gasteiger partial charge < -0.3 is 15.4 Å². The molecule has 1 aromatic rings. The van der Waals surface area contributed by atoms with Crippen LogP contribution < -0.4 is 10.6 Å². The third kappa shape index (κ3) is 5.69. The number of hydrogen-bond acceptors (Lipinski definition) is 5. The van der Waals surface area contributed by atoms with Gasteiger partial charge in [-0.3, -0.25) is 9.89 Å². The lowest BCUT2D eigenvalue weighted by Crippen LogP contribution is -2.43. The molecule has 2 saturated heterocycles. The number of morpholine rings is 1. The Hall–Kier alpha value is -1.64. The van der Waals surface area contributed by atoms with E-state index in [0.717, 1.165) is 32.8 Å². The Kier molecular flexibility index (Phi) is 6.50. The molecule has 2 aliphatic rings. The zero-order chi connectivity index (χ0) is 18.4. The molecule has 1 atom stereocenters. The third-order valence-electron chi connectivity index (χ3n) is 4.76. The summed E-state index contributed by atoms with van der Waals surface area (Å²) in [5, 5.41) is 6.49. The fourth-order valence-electron chi connectivity index (χ4n) is 3.34. The molecule has 0 bridgehead atoms. The molecule has 26 heavy (non-hydrogen) atoms. The molecule has 144 valence electrons. The van der Waals surface area contributed by atoms with Crippen LogP contribution in [0.5, 0.6) is 0 Å². The zero-order valence-electron chi connectivity index (χ0n) is 15.3. The predicted molar refractivity (Wildman–Crippen MR) is 103 cm³/mol. The number of benzene rings is 1. The normalized spacial score (nSPS) is 23.7. The van der Waals surface area contributed by atoms with E-state index in [1.807, 2.05) is 0 Å². The highest BCUT2D eigenvalue weighted by Gasteiger charge is 2.28. The molecule has 0 radical (unpaired) electrons. The Morgan fingerprint density at radius 3 is 2.77 bits per heavy atom. The van der Waals surface area contributed by atoms with Gasteiger partial charge >= 0.3 is 0 Å². The van der Waals surface area contributed by atoms with Gasteiger partial charge in [0.2, 0.25) is 0 Å². The number of aliphatic imine (C=N–C) groups is 1. The molecule has 8 heteroatoms. The molecule has 0 aliphatic carbocycles. The second-order valence-electron chi connectivity index (χ2n) is 6.88. The Morgan fingerprint density at radius 1 is 1.31 bits per heavy atom. The van der Waals surface area contributed by atoms with Gasteiger partial charge in [-0.05, 0) is 17.5 Å². The molecule has 3 rings (SSSR count). The van der Waals surface area contributed by atoms with Crippen LogP contribution in [-0.4, -0.2) is 70.2 Å². The summed E-state index contributed by atoms with van der Waals surface area (Å²) < 4.78 is 28.6. The predicted octanol–water partition coefficient (Wildman–Crippen LogP) is 0.371. The Labute approximate surface area is 155 Å². The second kappa shape index (κ2) is 8.83. The molecular formula is C18H28N4O3S. The smallest absolute Gasteiger partial charge is 0.191 e. The summed E-state index contributed by atoms with van der Waals surface area (Å²) in [6.07, 6.45) is 0.637. The zero-order valence-corrected chi connectivity index (χ0v) is 16.1.